The molecule has 2 rings (SSSR count). The van der Waals surface area contributed by atoms with E-state index >= 15 is 0 Å². The summed E-state index contributed by atoms with van der Waals surface area (Å²) in [5, 5.41) is 9.31. The molecule has 0 aliphatic carbocycles. The molecule has 18 heavy (non-hydrogen) atoms. The lowest BCUT2D eigenvalue weighted by molar-refractivity contribution is 0.0692. The topological polar surface area (TPSA) is 46.5 Å². The summed E-state index contributed by atoms with van der Waals surface area (Å²) in [6, 6.07) is 8.19. The minimum atomic E-state index is -1.07. The summed E-state index contributed by atoms with van der Waals surface area (Å²) in [5.41, 5.74) is 0.0464. The number of halogens is 2. The SMILES string of the molecule is O=C(O)c1cccc(Cl)c1OCc1ccc(Cl)s1. The average Bonchev–Trinajstić information content (AvgIpc) is 2.73. The van der Waals surface area contributed by atoms with E-state index in [1.165, 1.54) is 17.4 Å². The van der Waals surface area contributed by atoms with Crippen molar-refractivity contribution in [3.05, 3.63) is 50.1 Å². The van der Waals surface area contributed by atoms with Crippen molar-refractivity contribution in [2.45, 2.75) is 6.61 Å². The van der Waals surface area contributed by atoms with E-state index in [-0.39, 0.29) is 22.9 Å². The van der Waals surface area contributed by atoms with E-state index in [4.69, 9.17) is 33.0 Å². The first-order valence-corrected chi connectivity index (χ1v) is 6.54. The minimum Gasteiger partial charge on any atom is -0.486 e. The zero-order valence-corrected chi connectivity index (χ0v) is 11.4. The van der Waals surface area contributed by atoms with Gasteiger partial charge in [0, 0.05) is 4.88 Å². The van der Waals surface area contributed by atoms with Gasteiger partial charge in [0.2, 0.25) is 0 Å². The maximum absolute atomic E-state index is 11.0. The van der Waals surface area contributed by atoms with Crippen molar-refractivity contribution in [1.82, 2.24) is 0 Å². The number of carbonyl (C=O) groups is 1. The fourth-order valence-corrected chi connectivity index (χ4v) is 2.63. The normalized spacial score (nSPS) is 10.3. The van der Waals surface area contributed by atoms with Crippen molar-refractivity contribution >= 4 is 40.5 Å². The van der Waals surface area contributed by atoms with Crippen molar-refractivity contribution in [2.24, 2.45) is 0 Å². The Bertz CT molecular complexity index is 580. The zero-order chi connectivity index (χ0) is 13.1. The molecule has 1 heterocycles. The third kappa shape index (κ3) is 2.96. The van der Waals surface area contributed by atoms with Gasteiger partial charge in [-0.2, -0.15) is 0 Å². The highest BCUT2D eigenvalue weighted by Crippen LogP contribution is 2.30. The van der Waals surface area contributed by atoms with Crippen LogP contribution in [-0.4, -0.2) is 11.1 Å². The van der Waals surface area contributed by atoms with Crippen LogP contribution in [0.4, 0.5) is 0 Å². The second-order valence-electron chi connectivity index (χ2n) is 3.42. The molecule has 3 nitrogen and oxygen atoms in total. The average molecular weight is 303 g/mol. The molecule has 1 aromatic heterocycles. The summed E-state index contributed by atoms with van der Waals surface area (Å²) in [6.45, 7) is 0.237. The van der Waals surface area contributed by atoms with Crippen LogP contribution in [0.25, 0.3) is 0 Å². The lowest BCUT2D eigenvalue weighted by Gasteiger charge is -2.09. The van der Waals surface area contributed by atoms with Gasteiger partial charge in [0.05, 0.1) is 9.36 Å². The van der Waals surface area contributed by atoms with Crippen LogP contribution in [-0.2, 0) is 6.61 Å². The maximum Gasteiger partial charge on any atom is 0.339 e. The van der Waals surface area contributed by atoms with Crippen LogP contribution < -0.4 is 4.74 Å². The molecule has 0 bridgehead atoms. The minimum absolute atomic E-state index is 0.0464. The van der Waals surface area contributed by atoms with Crippen molar-refractivity contribution in [2.75, 3.05) is 0 Å². The van der Waals surface area contributed by atoms with Gasteiger partial charge in [0.1, 0.15) is 12.2 Å². The molecule has 0 fully saturated rings. The molecule has 0 amide bonds. The van der Waals surface area contributed by atoms with E-state index in [1.54, 1.807) is 18.2 Å². The van der Waals surface area contributed by atoms with E-state index in [9.17, 15) is 4.79 Å². The highest BCUT2D eigenvalue weighted by Gasteiger charge is 2.14. The second kappa shape index (κ2) is 5.61. The number of aromatic carboxylic acids is 1. The summed E-state index contributed by atoms with van der Waals surface area (Å²) < 4.78 is 6.13. The molecule has 0 unspecified atom stereocenters. The van der Waals surface area contributed by atoms with Gasteiger partial charge in [-0.15, -0.1) is 11.3 Å². The molecule has 0 atom stereocenters. The fourth-order valence-electron chi connectivity index (χ4n) is 1.40. The zero-order valence-electron chi connectivity index (χ0n) is 9.02. The van der Waals surface area contributed by atoms with Gasteiger partial charge in [0.25, 0.3) is 0 Å². The standard InChI is InChI=1S/C12H8Cl2O3S/c13-9-3-1-2-8(12(15)16)11(9)17-6-7-4-5-10(14)18-7/h1-5H,6H2,(H,15,16). The molecule has 0 aliphatic heterocycles. The molecular weight excluding hydrogens is 295 g/mol. The van der Waals surface area contributed by atoms with E-state index in [0.29, 0.717) is 4.34 Å². The Labute approximate surface area is 118 Å². The third-order valence-electron chi connectivity index (χ3n) is 2.19. The predicted octanol–water partition coefficient (Wildman–Crippen LogP) is 4.33. The Hall–Kier alpha value is -1.23. The monoisotopic (exact) mass is 302 g/mol. The van der Waals surface area contributed by atoms with Crippen LogP contribution in [0.2, 0.25) is 9.36 Å². The number of ether oxygens (including phenoxy) is 1. The first-order chi connectivity index (χ1) is 8.58. The Morgan fingerprint density at radius 1 is 1.28 bits per heavy atom. The molecule has 0 spiro atoms. The lowest BCUT2D eigenvalue weighted by Crippen LogP contribution is -2.03. The number of carboxylic acid groups (broad SMARTS) is 1. The second-order valence-corrected chi connectivity index (χ2v) is 5.62. The van der Waals surface area contributed by atoms with E-state index in [2.05, 4.69) is 0 Å². The highest BCUT2D eigenvalue weighted by molar-refractivity contribution is 7.16. The largest absolute Gasteiger partial charge is 0.486 e. The van der Waals surface area contributed by atoms with Gasteiger partial charge < -0.3 is 9.84 Å². The van der Waals surface area contributed by atoms with Gasteiger partial charge in [-0.05, 0) is 24.3 Å². The maximum atomic E-state index is 11.0. The number of hydrogen-bond acceptors (Lipinski definition) is 3. The quantitative estimate of drug-likeness (QED) is 0.914. The van der Waals surface area contributed by atoms with Gasteiger partial charge in [-0.1, -0.05) is 29.3 Å². The summed E-state index contributed by atoms with van der Waals surface area (Å²) in [4.78, 5) is 11.9. The Morgan fingerprint density at radius 2 is 2.06 bits per heavy atom. The van der Waals surface area contributed by atoms with Crippen LogP contribution in [0.15, 0.2) is 30.3 Å². The predicted molar refractivity (Wildman–Crippen MR) is 72.1 cm³/mol. The number of carboxylic acids is 1. The van der Waals surface area contributed by atoms with Crippen LogP contribution in [0.5, 0.6) is 5.75 Å². The summed E-state index contributed by atoms with van der Waals surface area (Å²) in [6.07, 6.45) is 0. The van der Waals surface area contributed by atoms with Gasteiger partial charge in [0.15, 0.2) is 5.75 Å². The molecular formula is C12H8Cl2O3S. The number of hydrogen-bond donors (Lipinski definition) is 1. The molecule has 6 heteroatoms. The first-order valence-electron chi connectivity index (χ1n) is 4.96. The Morgan fingerprint density at radius 3 is 2.67 bits per heavy atom. The summed E-state index contributed by atoms with van der Waals surface area (Å²) >= 11 is 13.1. The number of para-hydroxylation sites is 1. The summed E-state index contributed by atoms with van der Waals surface area (Å²) in [7, 11) is 0. The van der Waals surface area contributed by atoms with Crippen molar-refractivity contribution in [1.29, 1.82) is 0 Å². The molecule has 0 radical (unpaired) electrons. The molecule has 0 saturated carbocycles. The Balaban J connectivity index is 2.20. The van der Waals surface area contributed by atoms with Crippen LogP contribution in [0.3, 0.4) is 0 Å². The third-order valence-corrected chi connectivity index (χ3v) is 3.69. The molecule has 0 aliphatic rings. The van der Waals surface area contributed by atoms with Gasteiger partial charge >= 0.3 is 5.97 Å². The molecule has 94 valence electrons. The number of rotatable bonds is 4. The first kappa shape index (κ1) is 13.2. The smallest absolute Gasteiger partial charge is 0.339 e. The van der Waals surface area contributed by atoms with Crippen LogP contribution >= 0.6 is 34.5 Å². The van der Waals surface area contributed by atoms with Crippen molar-refractivity contribution < 1.29 is 14.6 Å². The highest BCUT2D eigenvalue weighted by atomic mass is 35.5. The summed E-state index contributed by atoms with van der Waals surface area (Å²) in [5.74, 6) is -0.895. The van der Waals surface area contributed by atoms with Crippen molar-refractivity contribution in [3.8, 4) is 5.75 Å². The van der Waals surface area contributed by atoms with E-state index < -0.39 is 5.97 Å². The van der Waals surface area contributed by atoms with Crippen molar-refractivity contribution in [3.63, 3.8) is 0 Å². The number of thiophene rings is 1. The van der Waals surface area contributed by atoms with Gasteiger partial charge in [-0.3, -0.25) is 0 Å². The number of benzene rings is 1. The van der Waals surface area contributed by atoms with Crippen LogP contribution in [0, 0.1) is 0 Å². The molecule has 1 N–H and O–H groups in total. The molecule has 1 aromatic carbocycles. The Kier molecular flexibility index (Phi) is 4.11. The van der Waals surface area contributed by atoms with Gasteiger partial charge in [-0.25, -0.2) is 4.79 Å². The molecule has 0 saturated heterocycles. The molecule has 2 aromatic rings. The lowest BCUT2D eigenvalue weighted by atomic mass is 10.2. The van der Waals surface area contributed by atoms with E-state index in [1.807, 2.05) is 6.07 Å². The van der Waals surface area contributed by atoms with Crippen LogP contribution in [0.1, 0.15) is 15.2 Å². The fraction of sp³-hybridized carbons (Fsp3) is 0.0833. The van der Waals surface area contributed by atoms with E-state index in [0.717, 1.165) is 4.88 Å².